The number of unbranched alkanes of at least 4 members (excludes halogenated alkanes) is 1. The molecule has 0 radical (unpaired) electrons. The minimum atomic E-state index is -3.60. The summed E-state index contributed by atoms with van der Waals surface area (Å²) in [5.41, 5.74) is 0.972. The molecule has 0 unspecified atom stereocenters. The van der Waals surface area contributed by atoms with Gasteiger partial charge in [0.1, 0.15) is 5.82 Å². The maximum atomic E-state index is 13.1. The second-order valence-corrected chi connectivity index (χ2v) is 9.10. The van der Waals surface area contributed by atoms with E-state index in [1.807, 2.05) is 0 Å². The highest BCUT2D eigenvalue weighted by Crippen LogP contribution is 2.25. The number of nitrogens with zero attached hydrogens (tertiary/aromatic N) is 3. The minimum absolute atomic E-state index is 0.210. The van der Waals surface area contributed by atoms with Crippen LogP contribution in [0.15, 0.2) is 35.4 Å². The smallest absolute Gasteiger partial charge is 0.256 e. The Labute approximate surface area is 166 Å². The zero-order chi connectivity index (χ0) is 20.1. The lowest BCUT2D eigenvalue weighted by molar-refractivity contribution is 0.102. The Morgan fingerprint density at radius 1 is 1.18 bits per heavy atom. The quantitative estimate of drug-likeness (QED) is 0.766. The van der Waals surface area contributed by atoms with Gasteiger partial charge in [0.15, 0.2) is 0 Å². The number of carbonyl (C=O) groups is 1. The molecule has 8 heteroatoms. The summed E-state index contributed by atoms with van der Waals surface area (Å²) in [4.78, 5) is 13.0. The first-order chi connectivity index (χ1) is 13.4. The van der Waals surface area contributed by atoms with Gasteiger partial charge >= 0.3 is 0 Å². The summed E-state index contributed by atoms with van der Waals surface area (Å²) < 4.78 is 29.4. The third-order valence-electron chi connectivity index (χ3n) is 5.06. The Morgan fingerprint density at radius 3 is 2.64 bits per heavy atom. The van der Waals surface area contributed by atoms with Crippen LogP contribution in [0.2, 0.25) is 0 Å². The van der Waals surface area contributed by atoms with Crippen LogP contribution in [0.25, 0.3) is 0 Å². The molecule has 28 heavy (non-hydrogen) atoms. The number of benzene rings is 1. The average Bonchev–Trinajstić information content (AvgIpc) is 3.14. The largest absolute Gasteiger partial charge is 0.307 e. The van der Waals surface area contributed by atoms with E-state index in [9.17, 15) is 13.2 Å². The molecule has 1 saturated heterocycles. The van der Waals surface area contributed by atoms with Crippen LogP contribution in [-0.4, -0.2) is 41.5 Å². The molecule has 7 nitrogen and oxygen atoms in total. The van der Waals surface area contributed by atoms with Gasteiger partial charge in [-0.15, -0.1) is 0 Å². The van der Waals surface area contributed by atoms with Gasteiger partial charge in [-0.25, -0.2) is 13.1 Å². The Bertz CT molecular complexity index is 931. The highest BCUT2D eigenvalue weighted by Gasteiger charge is 2.28. The van der Waals surface area contributed by atoms with E-state index < -0.39 is 10.0 Å². The van der Waals surface area contributed by atoms with Crippen molar-refractivity contribution in [1.82, 2.24) is 14.1 Å². The number of carbonyl (C=O) groups excluding carboxylic acids is 1. The van der Waals surface area contributed by atoms with Gasteiger partial charge in [0.2, 0.25) is 10.0 Å². The van der Waals surface area contributed by atoms with Crippen molar-refractivity contribution < 1.29 is 13.2 Å². The van der Waals surface area contributed by atoms with Crippen molar-refractivity contribution in [3.8, 4) is 0 Å². The maximum absolute atomic E-state index is 13.1. The Kier molecular flexibility index (Phi) is 6.51. The summed E-state index contributed by atoms with van der Waals surface area (Å²) >= 11 is 0. The molecular weight excluding hydrogens is 376 g/mol. The van der Waals surface area contributed by atoms with Crippen molar-refractivity contribution in [2.24, 2.45) is 0 Å². The number of sulfonamides is 1. The fourth-order valence-corrected chi connectivity index (χ4v) is 5.14. The number of piperidine rings is 1. The summed E-state index contributed by atoms with van der Waals surface area (Å²) in [6.07, 6.45) is 6.45. The third-order valence-corrected chi connectivity index (χ3v) is 7.11. The number of anilines is 1. The number of aryl methyl sites for hydroxylation is 2. The van der Waals surface area contributed by atoms with E-state index >= 15 is 0 Å². The van der Waals surface area contributed by atoms with Crippen LogP contribution < -0.4 is 5.32 Å². The van der Waals surface area contributed by atoms with Crippen molar-refractivity contribution in [2.45, 2.75) is 57.4 Å². The van der Waals surface area contributed by atoms with Crippen LogP contribution in [0, 0.1) is 6.92 Å². The number of hydrogen-bond donors (Lipinski definition) is 1. The van der Waals surface area contributed by atoms with Gasteiger partial charge in [0.05, 0.1) is 11.1 Å². The molecular formula is C20H28N4O3S. The predicted molar refractivity (Wildman–Crippen MR) is 109 cm³/mol. The van der Waals surface area contributed by atoms with E-state index in [4.69, 9.17) is 0 Å². The molecule has 1 aromatic heterocycles. The lowest BCUT2D eigenvalue weighted by atomic mass is 10.1. The van der Waals surface area contributed by atoms with E-state index in [1.165, 1.54) is 10.4 Å². The van der Waals surface area contributed by atoms with Gasteiger partial charge in [0.25, 0.3) is 5.91 Å². The lowest BCUT2D eigenvalue weighted by Crippen LogP contribution is -2.36. The Balaban J connectivity index is 1.83. The molecule has 152 valence electrons. The highest BCUT2D eigenvalue weighted by atomic mass is 32.2. The summed E-state index contributed by atoms with van der Waals surface area (Å²) in [5.74, 6) is 0.271. The fourth-order valence-electron chi connectivity index (χ4n) is 3.38. The molecule has 0 spiro atoms. The first kappa shape index (κ1) is 20.5. The van der Waals surface area contributed by atoms with E-state index in [1.54, 1.807) is 36.0 Å². The molecule has 0 saturated carbocycles. The zero-order valence-corrected chi connectivity index (χ0v) is 17.3. The monoisotopic (exact) mass is 404 g/mol. The molecule has 0 atom stereocenters. The van der Waals surface area contributed by atoms with E-state index in [0.717, 1.165) is 38.6 Å². The van der Waals surface area contributed by atoms with Gasteiger partial charge in [-0.2, -0.15) is 9.40 Å². The molecule has 1 aromatic carbocycles. The Hall–Kier alpha value is -2.19. The Morgan fingerprint density at radius 2 is 1.93 bits per heavy atom. The van der Waals surface area contributed by atoms with Crippen LogP contribution in [0.5, 0.6) is 0 Å². The van der Waals surface area contributed by atoms with E-state index in [2.05, 4.69) is 17.3 Å². The standard InChI is InChI=1S/C20H28N4O3S/c1-3-4-14-24-19(10-11-21-24)22-20(25)17-9-8-16(2)18(15-17)28(26,27)23-12-6-5-7-13-23/h8-11,15H,3-7,12-14H2,1-2H3,(H,22,25). The topological polar surface area (TPSA) is 84.3 Å². The number of rotatable bonds is 7. The van der Waals surface area contributed by atoms with Gasteiger partial charge < -0.3 is 5.32 Å². The molecule has 1 fully saturated rings. The molecule has 3 rings (SSSR count). The van der Waals surface area contributed by atoms with Crippen molar-refractivity contribution >= 4 is 21.7 Å². The fraction of sp³-hybridized carbons (Fsp3) is 0.500. The first-order valence-corrected chi connectivity index (χ1v) is 11.3. The summed E-state index contributed by atoms with van der Waals surface area (Å²) in [7, 11) is -3.60. The molecule has 1 N–H and O–H groups in total. The first-order valence-electron chi connectivity index (χ1n) is 9.87. The van der Waals surface area contributed by atoms with Gasteiger partial charge in [-0.1, -0.05) is 25.8 Å². The van der Waals surface area contributed by atoms with Crippen LogP contribution in [-0.2, 0) is 16.6 Å². The molecule has 0 bridgehead atoms. The summed E-state index contributed by atoms with van der Waals surface area (Å²) in [6, 6.07) is 6.58. The number of aromatic nitrogens is 2. The summed E-state index contributed by atoms with van der Waals surface area (Å²) in [5, 5.41) is 7.08. The van der Waals surface area contributed by atoms with Gasteiger partial charge in [-0.3, -0.25) is 4.79 Å². The van der Waals surface area contributed by atoms with Crippen LogP contribution in [0.1, 0.15) is 54.9 Å². The van der Waals surface area contributed by atoms with E-state index in [0.29, 0.717) is 30.0 Å². The number of nitrogens with one attached hydrogen (secondary N) is 1. The highest BCUT2D eigenvalue weighted by molar-refractivity contribution is 7.89. The predicted octanol–water partition coefficient (Wildman–Crippen LogP) is 3.42. The molecule has 0 aliphatic carbocycles. The second kappa shape index (κ2) is 8.87. The third kappa shape index (κ3) is 4.44. The average molecular weight is 405 g/mol. The maximum Gasteiger partial charge on any atom is 0.256 e. The number of amides is 1. The van der Waals surface area contributed by atoms with Crippen molar-refractivity contribution in [3.05, 3.63) is 41.6 Å². The van der Waals surface area contributed by atoms with Crippen molar-refractivity contribution in [2.75, 3.05) is 18.4 Å². The normalized spacial score (nSPS) is 15.5. The molecule has 1 amide bonds. The summed E-state index contributed by atoms with van der Waals surface area (Å²) in [6.45, 7) is 5.65. The van der Waals surface area contributed by atoms with E-state index in [-0.39, 0.29) is 10.8 Å². The molecule has 2 heterocycles. The van der Waals surface area contributed by atoms with Crippen LogP contribution in [0.4, 0.5) is 5.82 Å². The molecule has 1 aliphatic heterocycles. The van der Waals surface area contributed by atoms with Crippen molar-refractivity contribution in [3.63, 3.8) is 0 Å². The second-order valence-electron chi connectivity index (χ2n) is 7.19. The number of hydrogen-bond acceptors (Lipinski definition) is 4. The van der Waals surface area contributed by atoms with Crippen molar-refractivity contribution in [1.29, 1.82) is 0 Å². The van der Waals surface area contributed by atoms with Crippen LogP contribution in [0.3, 0.4) is 0 Å². The molecule has 2 aromatic rings. The lowest BCUT2D eigenvalue weighted by Gasteiger charge is -2.26. The SMILES string of the molecule is CCCCn1nccc1NC(=O)c1ccc(C)c(S(=O)(=O)N2CCCCC2)c1. The van der Waals surface area contributed by atoms with Gasteiger partial charge in [-0.05, 0) is 43.9 Å². The van der Waals surface area contributed by atoms with Crippen LogP contribution >= 0.6 is 0 Å². The minimum Gasteiger partial charge on any atom is -0.307 e. The zero-order valence-electron chi connectivity index (χ0n) is 16.5. The van der Waals surface area contributed by atoms with Gasteiger partial charge in [0, 0.05) is 31.3 Å². The molecule has 1 aliphatic rings.